The molecule has 0 N–H and O–H groups in total. The highest BCUT2D eigenvalue weighted by Gasteiger charge is 2.01. The van der Waals surface area contributed by atoms with Gasteiger partial charge < -0.3 is 4.57 Å². The van der Waals surface area contributed by atoms with Crippen molar-refractivity contribution in [2.45, 2.75) is 6.67 Å². The maximum Gasteiger partial charge on any atom is 0.129 e. The van der Waals surface area contributed by atoms with Crippen molar-refractivity contribution in [3.8, 4) is 6.07 Å². The number of hydrogen-bond donors (Lipinski definition) is 0. The first kappa shape index (κ1) is 6.81. The lowest BCUT2D eigenvalue weighted by Crippen LogP contribution is -1.95. The minimum absolute atomic E-state index is 0.493. The molecule has 2 nitrogen and oxygen atoms in total. The van der Waals surface area contributed by atoms with Crippen molar-refractivity contribution in [3.05, 3.63) is 23.5 Å². The average molecular weight is 138 g/mol. The molecule has 52 valence electrons. The van der Waals surface area contributed by atoms with Crippen LogP contribution in [0.2, 0.25) is 0 Å². The van der Waals surface area contributed by atoms with Gasteiger partial charge >= 0.3 is 0 Å². The lowest BCUT2D eigenvalue weighted by Gasteiger charge is -1.96. The van der Waals surface area contributed by atoms with Crippen LogP contribution < -0.4 is 0 Å². The quantitative estimate of drug-likeness (QED) is 0.576. The maximum absolute atomic E-state index is 12.0. The molecule has 0 fully saturated rings. The van der Waals surface area contributed by atoms with Crippen molar-refractivity contribution in [2.24, 2.45) is 7.05 Å². The Morgan fingerprint density at radius 2 is 2.40 bits per heavy atom. The summed E-state index contributed by atoms with van der Waals surface area (Å²) in [5, 5.41) is 8.43. The zero-order chi connectivity index (χ0) is 7.56. The number of nitriles is 1. The van der Waals surface area contributed by atoms with Gasteiger partial charge in [-0.15, -0.1) is 0 Å². The fourth-order valence-electron chi connectivity index (χ4n) is 0.800. The molecule has 0 atom stereocenters. The smallest absolute Gasteiger partial charge is 0.129 e. The monoisotopic (exact) mass is 138 g/mol. The molecular weight excluding hydrogens is 131 g/mol. The van der Waals surface area contributed by atoms with Gasteiger partial charge in [0.15, 0.2) is 0 Å². The highest BCUT2D eigenvalue weighted by molar-refractivity contribution is 5.26. The third-order valence-electron chi connectivity index (χ3n) is 1.48. The molecule has 0 aliphatic carbocycles. The number of alkyl halides is 1. The van der Waals surface area contributed by atoms with Crippen LogP contribution in [0.25, 0.3) is 0 Å². The molecule has 1 rings (SSSR count). The predicted molar refractivity (Wildman–Crippen MR) is 34.9 cm³/mol. The van der Waals surface area contributed by atoms with Crippen LogP contribution in [0.15, 0.2) is 12.1 Å². The lowest BCUT2D eigenvalue weighted by molar-refractivity contribution is 0.465. The van der Waals surface area contributed by atoms with Crippen LogP contribution in [0.1, 0.15) is 11.4 Å². The highest BCUT2D eigenvalue weighted by Crippen LogP contribution is 2.06. The summed E-state index contributed by atoms with van der Waals surface area (Å²) in [6.07, 6.45) is 0. The molecule has 0 spiro atoms. The van der Waals surface area contributed by atoms with Gasteiger partial charge in [-0.25, -0.2) is 4.39 Å². The lowest BCUT2D eigenvalue weighted by atomic mass is 10.4. The molecule has 0 aliphatic heterocycles. The van der Waals surface area contributed by atoms with Crippen LogP contribution in [0.5, 0.6) is 0 Å². The van der Waals surface area contributed by atoms with E-state index in [0.29, 0.717) is 11.4 Å². The van der Waals surface area contributed by atoms with Gasteiger partial charge in [0.2, 0.25) is 0 Å². The Bertz CT molecular complexity index is 270. The SMILES string of the molecule is Cn1c(C#N)ccc1CF. The third kappa shape index (κ3) is 0.883. The van der Waals surface area contributed by atoms with E-state index in [2.05, 4.69) is 0 Å². The van der Waals surface area contributed by atoms with Gasteiger partial charge in [-0.1, -0.05) is 0 Å². The fourth-order valence-corrected chi connectivity index (χ4v) is 0.800. The number of nitrogens with zero attached hydrogens (tertiary/aromatic N) is 2. The van der Waals surface area contributed by atoms with Crippen molar-refractivity contribution >= 4 is 0 Å². The van der Waals surface area contributed by atoms with Crippen molar-refractivity contribution < 1.29 is 4.39 Å². The van der Waals surface area contributed by atoms with Crippen molar-refractivity contribution in [1.82, 2.24) is 4.57 Å². The maximum atomic E-state index is 12.0. The van der Waals surface area contributed by atoms with Gasteiger partial charge in [-0.3, -0.25) is 0 Å². The first-order chi connectivity index (χ1) is 4.79. The minimum Gasteiger partial charge on any atom is -0.337 e. The van der Waals surface area contributed by atoms with Gasteiger partial charge in [0.25, 0.3) is 0 Å². The van der Waals surface area contributed by atoms with E-state index in [9.17, 15) is 4.39 Å². The molecule has 0 unspecified atom stereocenters. The summed E-state index contributed by atoms with van der Waals surface area (Å²) in [6, 6.07) is 5.16. The topological polar surface area (TPSA) is 28.7 Å². The Labute approximate surface area is 58.5 Å². The Hall–Kier alpha value is -1.30. The highest BCUT2D eigenvalue weighted by atomic mass is 19.1. The summed E-state index contributed by atoms with van der Waals surface area (Å²) in [6.45, 7) is -0.516. The molecule has 1 heterocycles. The van der Waals surface area contributed by atoms with E-state index in [1.807, 2.05) is 6.07 Å². The Kier molecular flexibility index (Phi) is 1.72. The second-order valence-electron chi connectivity index (χ2n) is 2.01. The minimum atomic E-state index is -0.516. The van der Waals surface area contributed by atoms with Gasteiger partial charge in [0.1, 0.15) is 18.4 Å². The van der Waals surface area contributed by atoms with E-state index in [1.165, 1.54) is 0 Å². The summed E-state index contributed by atoms with van der Waals surface area (Å²) in [5.74, 6) is 0. The number of rotatable bonds is 1. The molecule has 0 aliphatic rings. The summed E-state index contributed by atoms with van der Waals surface area (Å²) in [7, 11) is 1.67. The second kappa shape index (κ2) is 2.53. The Balaban J connectivity index is 3.12. The molecule has 10 heavy (non-hydrogen) atoms. The summed E-state index contributed by atoms with van der Waals surface area (Å²) >= 11 is 0. The van der Waals surface area contributed by atoms with E-state index in [-0.39, 0.29) is 0 Å². The van der Waals surface area contributed by atoms with E-state index in [0.717, 1.165) is 0 Å². The summed E-state index contributed by atoms with van der Waals surface area (Å²) in [5.41, 5.74) is 1.03. The summed E-state index contributed by atoms with van der Waals surface area (Å²) < 4.78 is 13.5. The van der Waals surface area contributed by atoms with Gasteiger partial charge in [-0.05, 0) is 12.1 Å². The van der Waals surface area contributed by atoms with Crippen LogP contribution in [-0.4, -0.2) is 4.57 Å². The average Bonchev–Trinajstić information content (AvgIpc) is 2.30. The van der Waals surface area contributed by atoms with Crippen LogP contribution in [0.4, 0.5) is 4.39 Å². The fraction of sp³-hybridized carbons (Fsp3) is 0.286. The molecule has 0 radical (unpaired) electrons. The van der Waals surface area contributed by atoms with E-state index in [1.54, 1.807) is 23.7 Å². The standard InChI is InChI=1S/C7H7FN2/c1-10-6(4-8)2-3-7(10)5-9/h2-3H,4H2,1H3. The molecular formula is C7H7FN2. The normalized spacial score (nSPS) is 9.30. The van der Waals surface area contributed by atoms with E-state index in [4.69, 9.17) is 5.26 Å². The van der Waals surface area contributed by atoms with Crippen LogP contribution in [0, 0.1) is 11.3 Å². The first-order valence-electron chi connectivity index (χ1n) is 2.90. The molecule has 0 saturated carbocycles. The predicted octanol–water partition coefficient (Wildman–Crippen LogP) is 1.37. The van der Waals surface area contributed by atoms with Crippen molar-refractivity contribution in [2.75, 3.05) is 0 Å². The molecule has 0 bridgehead atoms. The zero-order valence-electron chi connectivity index (χ0n) is 5.63. The largest absolute Gasteiger partial charge is 0.337 e. The van der Waals surface area contributed by atoms with Gasteiger partial charge in [-0.2, -0.15) is 5.26 Å². The number of aromatic nitrogens is 1. The molecule has 0 saturated heterocycles. The number of halogens is 1. The third-order valence-corrected chi connectivity index (χ3v) is 1.48. The molecule has 1 aromatic rings. The number of hydrogen-bond acceptors (Lipinski definition) is 1. The van der Waals surface area contributed by atoms with Crippen molar-refractivity contribution in [1.29, 1.82) is 5.26 Å². The molecule has 1 aromatic heterocycles. The van der Waals surface area contributed by atoms with Gasteiger partial charge in [0.05, 0.1) is 0 Å². The zero-order valence-corrected chi connectivity index (χ0v) is 5.63. The Morgan fingerprint density at radius 1 is 1.70 bits per heavy atom. The molecule has 3 heteroatoms. The summed E-state index contributed by atoms with van der Waals surface area (Å²) in [4.78, 5) is 0. The Morgan fingerprint density at radius 3 is 2.70 bits per heavy atom. The van der Waals surface area contributed by atoms with Crippen LogP contribution >= 0.6 is 0 Å². The first-order valence-corrected chi connectivity index (χ1v) is 2.90. The van der Waals surface area contributed by atoms with Crippen LogP contribution in [-0.2, 0) is 13.7 Å². The molecule has 0 aromatic carbocycles. The second-order valence-corrected chi connectivity index (χ2v) is 2.01. The van der Waals surface area contributed by atoms with Crippen molar-refractivity contribution in [3.63, 3.8) is 0 Å². The van der Waals surface area contributed by atoms with E-state index >= 15 is 0 Å². The van der Waals surface area contributed by atoms with Crippen LogP contribution in [0.3, 0.4) is 0 Å². The van der Waals surface area contributed by atoms with E-state index < -0.39 is 6.67 Å². The van der Waals surface area contributed by atoms with Gasteiger partial charge in [0, 0.05) is 12.7 Å². The molecule has 0 amide bonds.